The van der Waals surface area contributed by atoms with Crippen molar-refractivity contribution in [3.05, 3.63) is 58.0 Å². The van der Waals surface area contributed by atoms with Crippen LogP contribution >= 0.6 is 11.3 Å². The summed E-state index contributed by atoms with van der Waals surface area (Å²) in [5.74, 6) is 1.49. The van der Waals surface area contributed by atoms with Crippen molar-refractivity contribution in [1.29, 1.82) is 0 Å². The Hall–Kier alpha value is -2.86. The van der Waals surface area contributed by atoms with Gasteiger partial charge in [0.05, 0.1) is 25.1 Å². The fourth-order valence-corrected chi connectivity index (χ4v) is 4.04. The van der Waals surface area contributed by atoms with Gasteiger partial charge in [0.2, 0.25) is 5.13 Å². The first kappa shape index (κ1) is 21.8. The predicted molar refractivity (Wildman–Crippen MR) is 126 cm³/mol. The number of hydrazone groups is 1. The number of nitrogens with one attached hydrogen (secondary N) is 1. The second-order valence-electron chi connectivity index (χ2n) is 7.17. The Balaban J connectivity index is 1.71. The number of benzene rings is 2. The molecule has 0 amide bonds. The van der Waals surface area contributed by atoms with Crippen LogP contribution in [-0.4, -0.2) is 24.4 Å². The molecule has 0 radical (unpaired) electrons. The van der Waals surface area contributed by atoms with Gasteiger partial charge in [0.15, 0.2) is 11.5 Å². The fourth-order valence-electron chi connectivity index (χ4n) is 3.39. The molecular weight excluding hydrogens is 394 g/mol. The zero-order valence-electron chi connectivity index (χ0n) is 18.3. The number of aromatic nitrogens is 1. The van der Waals surface area contributed by atoms with Gasteiger partial charge in [-0.15, -0.1) is 11.3 Å². The van der Waals surface area contributed by atoms with Gasteiger partial charge in [0, 0.05) is 10.9 Å². The van der Waals surface area contributed by atoms with E-state index < -0.39 is 0 Å². The number of nitrogens with zero attached hydrogens (tertiary/aromatic N) is 2. The lowest BCUT2D eigenvalue weighted by Crippen LogP contribution is -2.00. The highest BCUT2D eigenvalue weighted by Crippen LogP contribution is 2.31. The Kier molecular flexibility index (Phi) is 7.46. The molecule has 1 heterocycles. The Morgan fingerprint density at radius 1 is 1.03 bits per heavy atom. The van der Waals surface area contributed by atoms with Crippen molar-refractivity contribution < 1.29 is 9.47 Å². The molecule has 0 aliphatic carbocycles. The second kappa shape index (κ2) is 10.3. The number of hydrogen-bond acceptors (Lipinski definition) is 6. The maximum atomic E-state index is 5.75. The zero-order valence-corrected chi connectivity index (χ0v) is 19.1. The molecule has 1 N–H and O–H groups in total. The molecule has 0 bridgehead atoms. The molecular formula is C24H29N3O2S. The third-order valence-corrected chi connectivity index (χ3v) is 5.29. The van der Waals surface area contributed by atoms with Crippen molar-refractivity contribution in [2.24, 2.45) is 5.10 Å². The van der Waals surface area contributed by atoms with Gasteiger partial charge in [-0.25, -0.2) is 4.98 Å². The zero-order chi connectivity index (χ0) is 21.5. The van der Waals surface area contributed by atoms with Gasteiger partial charge < -0.3 is 9.47 Å². The van der Waals surface area contributed by atoms with Crippen LogP contribution in [0.2, 0.25) is 0 Å². The summed E-state index contributed by atoms with van der Waals surface area (Å²) in [5.41, 5.74) is 9.88. The summed E-state index contributed by atoms with van der Waals surface area (Å²) in [4.78, 5) is 4.71. The standard InChI is InChI=1S/C24H29N3O2S/c1-6-10-29-21-9-8-19(13-22(21)28-7-2)14-25-27-24-26-20(15-30-24)23-17(4)11-16(3)12-18(23)5/h8-9,11-15H,6-7,10H2,1-5H3,(H,26,27)/b25-14-. The van der Waals surface area contributed by atoms with Crippen molar-refractivity contribution in [2.45, 2.75) is 41.0 Å². The van der Waals surface area contributed by atoms with Gasteiger partial charge in [0.1, 0.15) is 0 Å². The number of rotatable bonds is 9. The van der Waals surface area contributed by atoms with E-state index in [4.69, 9.17) is 14.5 Å². The minimum absolute atomic E-state index is 0.584. The lowest BCUT2D eigenvalue weighted by atomic mass is 9.98. The predicted octanol–water partition coefficient (Wildman–Crippen LogP) is 6.37. The van der Waals surface area contributed by atoms with E-state index >= 15 is 0 Å². The Morgan fingerprint density at radius 2 is 1.80 bits per heavy atom. The third-order valence-electron chi connectivity index (χ3n) is 4.54. The third kappa shape index (κ3) is 5.39. The quantitative estimate of drug-likeness (QED) is 0.321. The molecule has 0 aliphatic rings. The van der Waals surface area contributed by atoms with E-state index in [1.54, 1.807) is 17.6 Å². The lowest BCUT2D eigenvalue weighted by molar-refractivity contribution is 0.277. The first-order chi connectivity index (χ1) is 14.5. The normalized spacial score (nSPS) is 11.1. The van der Waals surface area contributed by atoms with E-state index in [1.165, 1.54) is 22.3 Å². The molecule has 2 aromatic carbocycles. The molecule has 30 heavy (non-hydrogen) atoms. The molecule has 0 saturated carbocycles. The van der Waals surface area contributed by atoms with Crippen LogP contribution in [0.1, 0.15) is 42.5 Å². The molecule has 0 spiro atoms. The van der Waals surface area contributed by atoms with Crippen LogP contribution in [0.25, 0.3) is 11.3 Å². The Morgan fingerprint density at radius 3 is 2.50 bits per heavy atom. The summed E-state index contributed by atoms with van der Waals surface area (Å²) in [5, 5.41) is 7.17. The molecule has 0 saturated heterocycles. The van der Waals surface area contributed by atoms with Gasteiger partial charge in [-0.1, -0.05) is 24.6 Å². The van der Waals surface area contributed by atoms with Crippen molar-refractivity contribution >= 4 is 22.7 Å². The van der Waals surface area contributed by atoms with Crippen molar-refractivity contribution in [3.63, 3.8) is 0 Å². The molecule has 0 aliphatic heterocycles. The van der Waals surface area contributed by atoms with Crippen molar-refractivity contribution in [1.82, 2.24) is 4.98 Å². The highest BCUT2D eigenvalue weighted by molar-refractivity contribution is 7.14. The highest BCUT2D eigenvalue weighted by Gasteiger charge is 2.10. The summed E-state index contributed by atoms with van der Waals surface area (Å²) in [6.07, 6.45) is 2.71. The molecule has 3 aromatic rings. The van der Waals surface area contributed by atoms with Crippen LogP contribution in [0.4, 0.5) is 5.13 Å². The van der Waals surface area contributed by atoms with Gasteiger partial charge in [-0.05, 0) is 69.0 Å². The average Bonchev–Trinajstić information content (AvgIpc) is 3.15. The van der Waals surface area contributed by atoms with Crippen LogP contribution in [0.5, 0.6) is 11.5 Å². The molecule has 1 aromatic heterocycles. The Bertz CT molecular complexity index is 1000. The number of aryl methyl sites for hydroxylation is 3. The van der Waals surface area contributed by atoms with Crippen molar-refractivity contribution in [2.75, 3.05) is 18.6 Å². The number of anilines is 1. The summed E-state index contributed by atoms with van der Waals surface area (Å²) in [7, 11) is 0. The highest BCUT2D eigenvalue weighted by atomic mass is 32.1. The smallest absolute Gasteiger partial charge is 0.203 e. The van der Waals surface area contributed by atoms with E-state index in [0.29, 0.717) is 13.2 Å². The molecule has 0 unspecified atom stereocenters. The first-order valence-electron chi connectivity index (χ1n) is 10.2. The van der Waals surface area contributed by atoms with Gasteiger partial charge in [-0.3, -0.25) is 5.43 Å². The van der Waals surface area contributed by atoms with E-state index in [2.05, 4.69) is 55.7 Å². The average molecular weight is 424 g/mol. The molecule has 0 atom stereocenters. The van der Waals surface area contributed by atoms with E-state index in [-0.39, 0.29) is 0 Å². The summed E-state index contributed by atoms with van der Waals surface area (Å²) in [6.45, 7) is 11.7. The number of thiazole rings is 1. The van der Waals surface area contributed by atoms with E-state index in [9.17, 15) is 0 Å². The minimum Gasteiger partial charge on any atom is -0.490 e. The number of ether oxygens (including phenoxy) is 2. The largest absolute Gasteiger partial charge is 0.490 e. The molecule has 158 valence electrons. The summed E-state index contributed by atoms with van der Waals surface area (Å²) < 4.78 is 11.5. The van der Waals surface area contributed by atoms with Crippen LogP contribution in [0, 0.1) is 20.8 Å². The number of hydrogen-bond donors (Lipinski definition) is 1. The van der Waals surface area contributed by atoms with Gasteiger partial charge in [0.25, 0.3) is 0 Å². The maximum absolute atomic E-state index is 5.75. The SMILES string of the molecule is CCCOc1ccc(/C=N\Nc2nc(-c3c(C)cc(C)cc3C)cs2)cc1OCC. The first-order valence-corrected chi connectivity index (χ1v) is 11.1. The summed E-state index contributed by atoms with van der Waals surface area (Å²) in [6, 6.07) is 10.2. The van der Waals surface area contributed by atoms with Crippen molar-refractivity contribution in [3.8, 4) is 22.8 Å². The topological polar surface area (TPSA) is 55.7 Å². The van der Waals surface area contributed by atoms with Gasteiger partial charge >= 0.3 is 0 Å². The maximum Gasteiger partial charge on any atom is 0.203 e. The molecule has 6 heteroatoms. The van der Waals surface area contributed by atoms with E-state index in [1.807, 2.05) is 25.1 Å². The van der Waals surface area contributed by atoms with Crippen LogP contribution in [0.3, 0.4) is 0 Å². The Labute approximate surface area is 182 Å². The molecule has 5 nitrogen and oxygen atoms in total. The van der Waals surface area contributed by atoms with E-state index in [0.717, 1.165) is 34.3 Å². The van der Waals surface area contributed by atoms with Crippen LogP contribution in [-0.2, 0) is 0 Å². The molecule has 0 fully saturated rings. The van der Waals surface area contributed by atoms with Crippen LogP contribution < -0.4 is 14.9 Å². The van der Waals surface area contributed by atoms with Crippen LogP contribution in [0.15, 0.2) is 40.8 Å². The fraction of sp³-hybridized carbons (Fsp3) is 0.333. The minimum atomic E-state index is 0.584. The monoisotopic (exact) mass is 423 g/mol. The molecule has 3 rings (SSSR count). The second-order valence-corrected chi connectivity index (χ2v) is 8.03. The van der Waals surface area contributed by atoms with Gasteiger partial charge in [-0.2, -0.15) is 5.10 Å². The summed E-state index contributed by atoms with van der Waals surface area (Å²) >= 11 is 1.54. The lowest BCUT2D eigenvalue weighted by Gasteiger charge is -2.11.